The Labute approximate surface area is 183 Å². The monoisotopic (exact) mass is 456 g/mol. The number of nitrogens with zero attached hydrogens (tertiary/aromatic N) is 2. The number of benzene rings is 3. The van der Waals surface area contributed by atoms with Crippen molar-refractivity contribution in [2.45, 2.75) is 4.34 Å². The van der Waals surface area contributed by atoms with Crippen LogP contribution in [0.25, 0.3) is 10.8 Å². The zero-order valence-electron chi connectivity index (χ0n) is 15.8. The molecule has 10 heteroatoms. The van der Waals surface area contributed by atoms with Gasteiger partial charge in [0, 0.05) is 11.1 Å². The quantitative estimate of drug-likeness (QED) is 0.317. The van der Waals surface area contributed by atoms with Gasteiger partial charge in [-0.1, -0.05) is 65.6 Å². The van der Waals surface area contributed by atoms with Crippen molar-refractivity contribution in [3.63, 3.8) is 0 Å². The minimum absolute atomic E-state index is 0.0737. The summed E-state index contributed by atoms with van der Waals surface area (Å²) in [5.41, 5.74) is 0.0159. The van der Waals surface area contributed by atoms with Crippen molar-refractivity contribution in [3.05, 3.63) is 77.9 Å². The van der Waals surface area contributed by atoms with E-state index in [2.05, 4.69) is 20.8 Å². The number of anilines is 2. The van der Waals surface area contributed by atoms with Gasteiger partial charge in [0.25, 0.3) is 5.91 Å². The molecule has 0 atom stereocenters. The highest BCUT2D eigenvalue weighted by Gasteiger charge is 2.19. The summed E-state index contributed by atoms with van der Waals surface area (Å²) in [6, 6.07) is 16.5. The van der Waals surface area contributed by atoms with Crippen molar-refractivity contribution in [2.75, 3.05) is 16.4 Å². The van der Waals surface area contributed by atoms with Crippen molar-refractivity contribution < 1.29 is 18.4 Å². The van der Waals surface area contributed by atoms with Crippen LogP contribution in [0.1, 0.15) is 10.4 Å². The molecule has 4 aromatic rings. The Hall–Kier alpha value is -3.37. The van der Waals surface area contributed by atoms with Crippen LogP contribution in [0.5, 0.6) is 0 Å². The molecule has 0 spiro atoms. The molecule has 4 rings (SSSR count). The van der Waals surface area contributed by atoms with E-state index in [1.165, 1.54) is 6.07 Å². The van der Waals surface area contributed by atoms with E-state index < -0.39 is 23.1 Å². The van der Waals surface area contributed by atoms with Crippen molar-refractivity contribution >= 4 is 56.5 Å². The standard InChI is InChI=1S/C21H14F2N4O2S2/c22-14-8-4-9-15(23)18(14)19(29)25-20-26-27-21(31-20)30-11-17(28)24-16-10-3-6-12-5-1-2-7-13(12)16/h1-10H,11H2,(H,24,28)(H,25,26,29). The van der Waals surface area contributed by atoms with Crippen LogP contribution >= 0.6 is 23.1 Å². The number of hydrogen-bond donors (Lipinski definition) is 2. The fraction of sp³-hybridized carbons (Fsp3) is 0.0476. The fourth-order valence-corrected chi connectivity index (χ4v) is 4.39. The molecule has 156 valence electrons. The molecular weight excluding hydrogens is 442 g/mol. The smallest absolute Gasteiger partial charge is 0.263 e. The topological polar surface area (TPSA) is 84.0 Å². The van der Waals surface area contributed by atoms with E-state index in [0.717, 1.165) is 46.0 Å². The number of aromatic nitrogens is 2. The average Bonchev–Trinajstić information content (AvgIpc) is 3.20. The lowest BCUT2D eigenvalue weighted by Crippen LogP contribution is -2.15. The van der Waals surface area contributed by atoms with Crippen LogP contribution in [0.15, 0.2) is 65.0 Å². The van der Waals surface area contributed by atoms with Crippen LogP contribution in [0.3, 0.4) is 0 Å². The number of nitrogens with one attached hydrogen (secondary N) is 2. The Bertz CT molecular complexity index is 1250. The summed E-state index contributed by atoms with van der Waals surface area (Å²) in [7, 11) is 0. The second kappa shape index (κ2) is 9.19. The van der Waals surface area contributed by atoms with Gasteiger partial charge in [-0.25, -0.2) is 8.78 Å². The highest BCUT2D eigenvalue weighted by Crippen LogP contribution is 2.27. The molecule has 0 aliphatic heterocycles. The summed E-state index contributed by atoms with van der Waals surface area (Å²) in [5, 5.41) is 14.9. The number of thioether (sulfide) groups is 1. The SMILES string of the molecule is O=C(CSc1nnc(NC(=O)c2c(F)cccc2F)s1)Nc1cccc2ccccc12. The van der Waals surface area contributed by atoms with Gasteiger partial charge in [0.2, 0.25) is 11.0 Å². The number of halogens is 2. The second-order valence-corrected chi connectivity index (χ2v) is 8.49. The van der Waals surface area contributed by atoms with E-state index in [4.69, 9.17) is 0 Å². The molecule has 0 bridgehead atoms. The summed E-state index contributed by atoms with van der Waals surface area (Å²) in [6.07, 6.45) is 0. The summed E-state index contributed by atoms with van der Waals surface area (Å²) >= 11 is 2.14. The Morgan fingerprint density at radius 3 is 2.42 bits per heavy atom. The Morgan fingerprint density at radius 1 is 0.903 bits per heavy atom. The lowest BCUT2D eigenvalue weighted by atomic mass is 10.1. The molecular formula is C21H14F2N4O2S2. The number of carbonyl (C=O) groups excluding carboxylic acids is 2. The van der Waals surface area contributed by atoms with E-state index in [-0.39, 0.29) is 16.8 Å². The molecule has 31 heavy (non-hydrogen) atoms. The van der Waals surface area contributed by atoms with Gasteiger partial charge in [-0.15, -0.1) is 10.2 Å². The number of fused-ring (bicyclic) bond motifs is 1. The molecule has 6 nitrogen and oxygen atoms in total. The summed E-state index contributed by atoms with van der Waals surface area (Å²) in [4.78, 5) is 24.5. The lowest BCUT2D eigenvalue weighted by Gasteiger charge is -2.08. The molecule has 0 saturated carbocycles. The van der Waals surface area contributed by atoms with Crippen LogP contribution in [0.2, 0.25) is 0 Å². The average molecular weight is 456 g/mol. The summed E-state index contributed by atoms with van der Waals surface area (Å²) in [5.74, 6) is -3.05. The van der Waals surface area contributed by atoms with E-state index >= 15 is 0 Å². The first-order valence-electron chi connectivity index (χ1n) is 9.00. The zero-order valence-corrected chi connectivity index (χ0v) is 17.4. The van der Waals surface area contributed by atoms with Crippen molar-refractivity contribution in [1.82, 2.24) is 10.2 Å². The van der Waals surface area contributed by atoms with Crippen LogP contribution in [0.4, 0.5) is 19.6 Å². The zero-order chi connectivity index (χ0) is 21.8. The van der Waals surface area contributed by atoms with Gasteiger partial charge in [-0.05, 0) is 23.6 Å². The largest absolute Gasteiger partial charge is 0.325 e. The van der Waals surface area contributed by atoms with Crippen LogP contribution in [-0.2, 0) is 4.79 Å². The van der Waals surface area contributed by atoms with E-state index in [0.29, 0.717) is 10.0 Å². The highest BCUT2D eigenvalue weighted by atomic mass is 32.2. The van der Waals surface area contributed by atoms with Gasteiger partial charge in [0.05, 0.1) is 5.75 Å². The van der Waals surface area contributed by atoms with Gasteiger partial charge in [0.15, 0.2) is 4.34 Å². The fourth-order valence-electron chi connectivity index (χ4n) is 2.84. The van der Waals surface area contributed by atoms with Crippen molar-refractivity contribution in [1.29, 1.82) is 0 Å². The first-order valence-corrected chi connectivity index (χ1v) is 10.8. The molecule has 3 aromatic carbocycles. The first-order chi connectivity index (χ1) is 15.0. The third-order valence-corrected chi connectivity index (χ3v) is 6.18. The third kappa shape index (κ3) is 4.86. The summed E-state index contributed by atoms with van der Waals surface area (Å²) in [6.45, 7) is 0. The van der Waals surface area contributed by atoms with Crippen LogP contribution in [0, 0.1) is 11.6 Å². The number of amides is 2. The van der Waals surface area contributed by atoms with Gasteiger partial charge < -0.3 is 5.32 Å². The molecule has 1 heterocycles. The van der Waals surface area contributed by atoms with Gasteiger partial charge >= 0.3 is 0 Å². The van der Waals surface area contributed by atoms with Gasteiger partial charge in [-0.2, -0.15) is 0 Å². The van der Waals surface area contributed by atoms with Crippen molar-refractivity contribution in [2.24, 2.45) is 0 Å². The maximum atomic E-state index is 13.7. The third-order valence-electron chi connectivity index (χ3n) is 4.21. The van der Waals surface area contributed by atoms with Gasteiger partial charge in [0.1, 0.15) is 17.2 Å². The molecule has 0 aliphatic rings. The maximum absolute atomic E-state index is 13.7. The predicted molar refractivity (Wildman–Crippen MR) is 118 cm³/mol. The maximum Gasteiger partial charge on any atom is 0.263 e. The number of rotatable bonds is 6. The second-order valence-electron chi connectivity index (χ2n) is 6.29. The van der Waals surface area contributed by atoms with E-state index in [1.54, 1.807) is 0 Å². The minimum atomic E-state index is -0.971. The normalized spacial score (nSPS) is 10.8. The Morgan fingerprint density at radius 2 is 1.61 bits per heavy atom. The molecule has 0 aliphatic carbocycles. The molecule has 0 fully saturated rings. The molecule has 0 saturated heterocycles. The molecule has 1 aromatic heterocycles. The Kier molecular flexibility index (Phi) is 6.19. The molecule has 2 N–H and O–H groups in total. The number of carbonyl (C=O) groups is 2. The molecule has 2 amide bonds. The minimum Gasteiger partial charge on any atom is -0.325 e. The van der Waals surface area contributed by atoms with Crippen molar-refractivity contribution in [3.8, 4) is 0 Å². The number of hydrogen-bond acceptors (Lipinski definition) is 6. The molecule has 0 radical (unpaired) electrons. The van der Waals surface area contributed by atoms with E-state index in [9.17, 15) is 18.4 Å². The van der Waals surface area contributed by atoms with Crippen LogP contribution < -0.4 is 10.6 Å². The molecule has 0 unspecified atom stereocenters. The predicted octanol–water partition coefficient (Wildman–Crippen LogP) is 4.95. The van der Waals surface area contributed by atoms with Gasteiger partial charge in [-0.3, -0.25) is 14.9 Å². The van der Waals surface area contributed by atoms with Crippen LogP contribution in [-0.4, -0.2) is 27.8 Å². The highest BCUT2D eigenvalue weighted by molar-refractivity contribution is 8.01. The van der Waals surface area contributed by atoms with E-state index in [1.807, 2.05) is 42.5 Å². The Balaban J connectivity index is 1.36. The first kappa shape index (κ1) is 20.9. The summed E-state index contributed by atoms with van der Waals surface area (Å²) < 4.78 is 27.9. The lowest BCUT2D eigenvalue weighted by molar-refractivity contribution is -0.113.